The summed E-state index contributed by atoms with van der Waals surface area (Å²) in [6.45, 7) is -0.539. The van der Waals surface area contributed by atoms with Crippen molar-refractivity contribution in [2.75, 3.05) is 11.9 Å². The molecule has 0 heterocycles. The van der Waals surface area contributed by atoms with Crippen LogP contribution in [-0.4, -0.2) is 23.6 Å². The topological polar surface area (TPSA) is 99.4 Å². The highest BCUT2D eigenvalue weighted by molar-refractivity contribution is 6.42. The normalized spacial score (nSPS) is 10.7. The average molecular weight is 391 g/mol. The molecule has 0 saturated heterocycles. The Labute approximate surface area is 159 Å². The number of anilines is 1. The Morgan fingerprint density at radius 3 is 2.58 bits per heavy atom. The van der Waals surface area contributed by atoms with Crippen molar-refractivity contribution in [3.63, 3.8) is 0 Å². The van der Waals surface area contributed by atoms with Gasteiger partial charge in [0.1, 0.15) is 17.4 Å². The smallest absolute Gasteiger partial charge is 0.341 e. The van der Waals surface area contributed by atoms with E-state index in [2.05, 4.69) is 5.32 Å². The molecule has 2 aromatic rings. The number of nitrogens with one attached hydrogen (secondary N) is 1. The molecule has 0 saturated carbocycles. The standard InChI is InChI=1S/C18H12Cl2N2O4/c19-14-6-5-13(8-15(14)20)22-18(25)12(9-21)7-11-3-1-2-4-16(11)26-10-17(23)24/h1-8H,10H2,(H,22,25)(H,23,24)/b12-7+. The maximum absolute atomic E-state index is 12.3. The Bertz CT molecular complexity index is 920. The minimum atomic E-state index is -1.14. The Morgan fingerprint density at radius 1 is 1.19 bits per heavy atom. The summed E-state index contributed by atoms with van der Waals surface area (Å²) in [5.41, 5.74) is 0.581. The van der Waals surface area contributed by atoms with E-state index < -0.39 is 18.5 Å². The van der Waals surface area contributed by atoms with Gasteiger partial charge in [-0.05, 0) is 30.3 Å². The van der Waals surface area contributed by atoms with Crippen molar-refractivity contribution in [1.82, 2.24) is 0 Å². The lowest BCUT2D eigenvalue weighted by atomic mass is 10.1. The summed E-state index contributed by atoms with van der Waals surface area (Å²) in [6, 6.07) is 12.8. The fourth-order valence-corrected chi connectivity index (χ4v) is 2.25. The number of amides is 1. The fraction of sp³-hybridized carbons (Fsp3) is 0.0556. The molecule has 0 atom stereocenters. The zero-order chi connectivity index (χ0) is 19.1. The summed E-state index contributed by atoms with van der Waals surface area (Å²) < 4.78 is 5.15. The van der Waals surface area contributed by atoms with Crippen molar-refractivity contribution in [3.05, 3.63) is 63.6 Å². The van der Waals surface area contributed by atoms with Gasteiger partial charge in [0.25, 0.3) is 5.91 Å². The monoisotopic (exact) mass is 390 g/mol. The molecule has 26 heavy (non-hydrogen) atoms. The summed E-state index contributed by atoms with van der Waals surface area (Å²) in [5, 5.41) is 21.1. The van der Waals surface area contributed by atoms with Crippen molar-refractivity contribution < 1.29 is 19.4 Å². The van der Waals surface area contributed by atoms with Crippen molar-refractivity contribution in [3.8, 4) is 11.8 Å². The number of carboxylic acid groups (broad SMARTS) is 1. The van der Waals surface area contributed by atoms with E-state index in [9.17, 15) is 14.9 Å². The van der Waals surface area contributed by atoms with Crippen LogP contribution >= 0.6 is 23.2 Å². The first-order valence-corrected chi connectivity index (χ1v) is 7.98. The number of carbonyl (C=O) groups is 2. The van der Waals surface area contributed by atoms with Gasteiger partial charge in [-0.15, -0.1) is 0 Å². The molecular weight excluding hydrogens is 379 g/mol. The fourth-order valence-electron chi connectivity index (χ4n) is 1.95. The molecule has 2 rings (SSSR count). The van der Waals surface area contributed by atoms with E-state index in [0.717, 1.165) is 0 Å². The zero-order valence-corrected chi connectivity index (χ0v) is 14.7. The molecule has 0 aliphatic rings. The number of carboxylic acids is 1. The van der Waals surface area contributed by atoms with Crippen molar-refractivity contribution in [1.29, 1.82) is 5.26 Å². The van der Waals surface area contributed by atoms with E-state index >= 15 is 0 Å². The number of para-hydroxylation sites is 1. The number of carbonyl (C=O) groups excluding carboxylic acids is 1. The van der Waals surface area contributed by atoms with Gasteiger partial charge in [-0.1, -0.05) is 41.4 Å². The molecule has 1 amide bonds. The van der Waals surface area contributed by atoms with Crippen molar-refractivity contribution in [2.45, 2.75) is 0 Å². The predicted octanol–water partition coefficient (Wildman–Crippen LogP) is 4.00. The van der Waals surface area contributed by atoms with E-state index in [1.165, 1.54) is 18.2 Å². The summed E-state index contributed by atoms with van der Waals surface area (Å²) in [7, 11) is 0. The lowest BCUT2D eigenvalue weighted by Crippen LogP contribution is -2.13. The minimum Gasteiger partial charge on any atom is -0.481 e. The van der Waals surface area contributed by atoms with Gasteiger partial charge in [-0.3, -0.25) is 4.79 Å². The van der Waals surface area contributed by atoms with Gasteiger partial charge in [0.15, 0.2) is 6.61 Å². The molecule has 0 fully saturated rings. The number of hydrogen-bond acceptors (Lipinski definition) is 4. The summed E-state index contributed by atoms with van der Waals surface area (Å²) in [6.07, 6.45) is 1.31. The van der Waals surface area contributed by atoms with Crippen LogP contribution in [0.2, 0.25) is 10.0 Å². The number of nitriles is 1. The molecule has 2 aromatic carbocycles. The van der Waals surface area contributed by atoms with Crippen LogP contribution in [0, 0.1) is 11.3 Å². The van der Waals surface area contributed by atoms with Crippen LogP contribution in [0.25, 0.3) is 6.08 Å². The van der Waals surface area contributed by atoms with Crippen LogP contribution in [0.15, 0.2) is 48.0 Å². The van der Waals surface area contributed by atoms with Gasteiger partial charge in [-0.2, -0.15) is 5.26 Å². The van der Waals surface area contributed by atoms with Gasteiger partial charge in [0, 0.05) is 11.3 Å². The highest BCUT2D eigenvalue weighted by Crippen LogP contribution is 2.26. The Morgan fingerprint density at radius 2 is 1.92 bits per heavy atom. The van der Waals surface area contributed by atoms with Crippen LogP contribution in [-0.2, 0) is 9.59 Å². The quantitative estimate of drug-likeness (QED) is 0.573. The maximum Gasteiger partial charge on any atom is 0.341 e. The number of halogens is 2. The number of nitrogens with zero attached hydrogens (tertiary/aromatic N) is 1. The molecule has 0 aliphatic carbocycles. The lowest BCUT2D eigenvalue weighted by Gasteiger charge is -2.08. The third kappa shape index (κ3) is 5.24. The van der Waals surface area contributed by atoms with E-state index in [-0.39, 0.29) is 16.3 Å². The van der Waals surface area contributed by atoms with Gasteiger partial charge >= 0.3 is 5.97 Å². The summed E-state index contributed by atoms with van der Waals surface area (Å²) >= 11 is 11.7. The van der Waals surface area contributed by atoms with Gasteiger partial charge < -0.3 is 15.2 Å². The first-order chi connectivity index (χ1) is 12.4. The summed E-state index contributed by atoms with van der Waals surface area (Å²) in [4.78, 5) is 23.0. The SMILES string of the molecule is N#C/C(=C\c1ccccc1OCC(=O)O)C(=O)Nc1ccc(Cl)c(Cl)c1. The largest absolute Gasteiger partial charge is 0.481 e. The molecule has 0 aliphatic heterocycles. The predicted molar refractivity (Wildman–Crippen MR) is 98.3 cm³/mol. The maximum atomic E-state index is 12.3. The van der Waals surface area contributed by atoms with Gasteiger partial charge in [0.2, 0.25) is 0 Å². The second kappa shape index (κ2) is 8.90. The molecule has 2 N–H and O–H groups in total. The van der Waals surface area contributed by atoms with Crippen LogP contribution in [0.3, 0.4) is 0 Å². The molecule has 0 aromatic heterocycles. The number of ether oxygens (including phenoxy) is 1. The molecule has 132 valence electrons. The lowest BCUT2D eigenvalue weighted by molar-refractivity contribution is -0.139. The van der Waals surface area contributed by atoms with E-state index in [1.54, 1.807) is 36.4 Å². The number of benzene rings is 2. The third-order valence-electron chi connectivity index (χ3n) is 3.11. The van der Waals surface area contributed by atoms with Crippen molar-refractivity contribution >= 4 is 46.8 Å². The van der Waals surface area contributed by atoms with E-state index in [4.69, 9.17) is 33.0 Å². The number of rotatable bonds is 6. The Balaban J connectivity index is 2.24. The molecule has 0 spiro atoms. The highest BCUT2D eigenvalue weighted by Gasteiger charge is 2.12. The molecule has 8 heteroatoms. The zero-order valence-electron chi connectivity index (χ0n) is 13.2. The van der Waals surface area contributed by atoms with Crippen LogP contribution in [0.5, 0.6) is 5.75 Å². The van der Waals surface area contributed by atoms with Crippen LogP contribution in [0.1, 0.15) is 5.56 Å². The number of hydrogen-bond donors (Lipinski definition) is 2. The molecular formula is C18H12Cl2N2O4. The average Bonchev–Trinajstić information content (AvgIpc) is 2.61. The Hall–Kier alpha value is -3.01. The number of aliphatic carboxylic acids is 1. The second-order valence-electron chi connectivity index (χ2n) is 4.97. The third-order valence-corrected chi connectivity index (χ3v) is 3.85. The molecule has 0 radical (unpaired) electrons. The van der Waals surface area contributed by atoms with Crippen LogP contribution < -0.4 is 10.1 Å². The van der Waals surface area contributed by atoms with Crippen molar-refractivity contribution in [2.24, 2.45) is 0 Å². The van der Waals surface area contributed by atoms with Gasteiger partial charge in [-0.25, -0.2) is 4.79 Å². The molecule has 0 bridgehead atoms. The van der Waals surface area contributed by atoms with Crippen LogP contribution in [0.4, 0.5) is 5.69 Å². The van der Waals surface area contributed by atoms with E-state index in [1.807, 2.05) is 0 Å². The minimum absolute atomic E-state index is 0.192. The highest BCUT2D eigenvalue weighted by atomic mass is 35.5. The molecule has 0 unspecified atom stereocenters. The first-order valence-electron chi connectivity index (χ1n) is 7.22. The second-order valence-corrected chi connectivity index (χ2v) is 5.79. The van der Waals surface area contributed by atoms with E-state index in [0.29, 0.717) is 16.3 Å². The summed E-state index contributed by atoms with van der Waals surface area (Å²) in [5.74, 6) is -1.55. The molecule has 6 nitrogen and oxygen atoms in total. The van der Waals surface area contributed by atoms with Gasteiger partial charge in [0.05, 0.1) is 10.0 Å². The Kier molecular flexibility index (Phi) is 6.61. The first kappa shape index (κ1) is 19.3.